The number of rotatable bonds is 8. The van der Waals surface area contributed by atoms with Gasteiger partial charge in [-0.3, -0.25) is 4.79 Å². The van der Waals surface area contributed by atoms with Crippen molar-refractivity contribution in [3.63, 3.8) is 0 Å². The van der Waals surface area contributed by atoms with E-state index in [9.17, 15) is 4.79 Å². The average molecular weight is 316 g/mol. The summed E-state index contributed by atoms with van der Waals surface area (Å²) in [6.45, 7) is 1.46. The maximum absolute atomic E-state index is 11.9. The van der Waals surface area contributed by atoms with Gasteiger partial charge in [-0.25, -0.2) is 4.68 Å². The molecular weight excluding hydrogens is 296 g/mol. The third-order valence-electron chi connectivity index (χ3n) is 3.56. The third-order valence-corrected chi connectivity index (χ3v) is 3.56. The smallest absolute Gasteiger partial charge is 0.238 e. The molecule has 8 nitrogen and oxygen atoms in total. The molecule has 1 aliphatic carbocycles. The molecule has 0 radical (unpaired) electrons. The Morgan fingerprint density at radius 2 is 2.30 bits per heavy atom. The second-order valence-corrected chi connectivity index (χ2v) is 5.48. The number of hydrogen-bond donors (Lipinski definition) is 2. The molecule has 0 saturated heterocycles. The van der Waals surface area contributed by atoms with Gasteiger partial charge in [-0.1, -0.05) is 12.1 Å². The van der Waals surface area contributed by atoms with Crippen LogP contribution in [0.3, 0.4) is 0 Å². The molecule has 23 heavy (non-hydrogen) atoms. The van der Waals surface area contributed by atoms with Crippen LogP contribution in [0.4, 0.5) is 5.69 Å². The quantitative estimate of drug-likeness (QED) is 0.701. The van der Waals surface area contributed by atoms with Crippen molar-refractivity contribution >= 4 is 11.6 Å². The lowest BCUT2D eigenvalue weighted by Crippen LogP contribution is -2.30. The van der Waals surface area contributed by atoms with Crippen LogP contribution >= 0.6 is 0 Å². The standard InChI is InChI=1S/C15H20N6O2/c1-23-8-7-16-10-14(22)17-12-4-2-3-11(9-12)15-18-19-20-21(15)13-5-6-13/h2-4,9,13,16H,5-8,10H2,1H3,(H,17,22). The minimum Gasteiger partial charge on any atom is -0.383 e. The van der Waals surface area contributed by atoms with E-state index in [2.05, 4.69) is 26.2 Å². The molecule has 2 aromatic rings. The summed E-state index contributed by atoms with van der Waals surface area (Å²) in [5.41, 5.74) is 1.62. The molecule has 0 atom stereocenters. The molecule has 1 fully saturated rings. The molecule has 1 aliphatic rings. The van der Waals surface area contributed by atoms with Crippen molar-refractivity contribution in [2.75, 3.05) is 32.1 Å². The van der Waals surface area contributed by atoms with Crippen molar-refractivity contribution < 1.29 is 9.53 Å². The fourth-order valence-corrected chi connectivity index (χ4v) is 2.27. The molecule has 8 heteroatoms. The van der Waals surface area contributed by atoms with Crippen LogP contribution < -0.4 is 10.6 Å². The minimum absolute atomic E-state index is 0.0972. The summed E-state index contributed by atoms with van der Waals surface area (Å²) in [5.74, 6) is 0.641. The first-order chi connectivity index (χ1) is 11.3. The fraction of sp³-hybridized carbons (Fsp3) is 0.467. The first kappa shape index (κ1) is 15.6. The number of carbonyl (C=O) groups excluding carboxylic acids is 1. The van der Waals surface area contributed by atoms with E-state index in [4.69, 9.17) is 4.74 Å². The summed E-state index contributed by atoms with van der Waals surface area (Å²) in [6, 6.07) is 7.97. The Morgan fingerprint density at radius 3 is 3.09 bits per heavy atom. The molecule has 0 unspecified atom stereocenters. The van der Waals surface area contributed by atoms with E-state index in [1.54, 1.807) is 7.11 Å². The van der Waals surface area contributed by atoms with E-state index in [0.29, 0.717) is 19.2 Å². The Balaban J connectivity index is 1.63. The molecular formula is C15H20N6O2. The van der Waals surface area contributed by atoms with E-state index in [-0.39, 0.29) is 12.5 Å². The lowest BCUT2D eigenvalue weighted by atomic mass is 10.2. The van der Waals surface area contributed by atoms with Gasteiger partial charge < -0.3 is 15.4 Å². The summed E-state index contributed by atoms with van der Waals surface area (Å²) in [7, 11) is 1.63. The number of benzene rings is 1. The van der Waals surface area contributed by atoms with Gasteiger partial charge >= 0.3 is 0 Å². The zero-order valence-corrected chi connectivity index (χ0v) is 13.0. The summed E-state index contributed by atoms with van der Waals surface area (Å²) in [4.78, 5) is 11.9. The number of amides is 1. The molecule has 0 bridgehead atoms. The normalized spacial score (nSPS) is 14.0. The van der Waals surface area contributed by atoms with Crippen molar-refractivity contribution in [1.82, 2.24) is 25.5 Å². The number of anilines is 1. The van der Waals surface area contributed by atoms with Crippen LogP contribution in [0.1, 0.15) is 18.9 Å². The lowest BCUT2D eigenvalue weighted by molar-refractivity contribution is -0.115. The molecule has 2 N–H and O–H groups in total. The summed E-state index contributed by atoms with van der Waals surface area (Å²) >= 11 is 0. The topological polar surface area (TPSA) is 94.0 Å². The zero-order valence-electron chi connectivity index (χ0n) is 13.0. The van der Waals surface area contributed by atoms with Gasteiger partial charge in [-0.2, -0.15) is 0 Å². The van der Waals surface area contributed by atoms with Gasteiger partial charge in [-0.15, -0.1) is 5.10 Å². The maximum Gasteiger partial charge on any atom is 0.238 e. The number of nitrogens with one attached hydrogen (secondary N) is 2. The SMILES string of the molecule is COCCNCC(=O)Nc1cccc(-c2nnnn2C2CC2)c1. The molecule has 1 saturated carbocycles. The van der Waals surface area contributed by atoms with Gasteiger partial charge in [0.05, 0.1) is 19.2 Å². The first-order valence-electron chi connectivity index (χ1n) is 7.65. The Hall–Kier alpha value is -2.32. The van der Waals surface area contributed by atoms with Crippen molar-refractivity contribution in [3.05, 3.63) is 24.3 Å². The van der Waals surface area contributed by atoms with Crippen LogP contribution in [0.5, 0.6) is 0 Å². The van der Waals surface area contributed by atoms with Crippen molar-refractivity contribution in [1.29, 1.82) is 0 Å². The van der Waals surface area contributed by atoms with Crippen molar-refractivity contribution in [2.45, 2.75) is 18.9 Å². The highest BCUT2D eigenvalue weighted by Gasteiger charge is 2.28. The van der Waals surface area contributed by atoms with Gasteiger partial charge in [-0.05, 0) is 35.4 Å². The molecule has 1 aromatic heterocycles. The number of nitrogens with zero attached hydrogens (tertiary/aromatic N) is 4. The molecule has 0 aliphatic heterocycles. The zero-order chi connectivity index (χ0) is 16.1. The van der Waals surface area contributed by atoms with Gasteiger partial charge in [0, 0.05) is 24.9 Å². The van der Waals surface area contributed by atoms with Crippen LogP contribution in [0, 0.1) is 0 Å². The highest BCUT2D eigenvalue weighted by molar-refractivity contribution is 5.92. The number of tetrazole rings is 1. The van der Waals surface area contributed by atoms with E-state index in [1.165, 1.54) is 0 Å². The predicted molar refractivity (Wildman–Crippen MR) is 84.9 cm³/mol. The van der Waals surface area contributed by atoms with Crippen LogP contribution in [0.2, 0.25) is 0 Å². The molecule has 122 valence electrons. The van der Waals surface area contributed by atoms with E-state index < -0.39 is 0 Å². The molecule has 3 rings (SSSR count). The van der Waals surface area contributed by atoms with Crippen LogP contribution in [-0.4, -0.2) is 52.9 Å². The molecule has 1 aromatic carbocycles. The van der Waals surface area contributed by atoms with Gasteiger partial charge in [0.15, 0.2) is 5.82 Å². The van der Waals surface area contributed by atoms with Gasteiger partial charge in [0.2, 0.25) is 5.91 Å². The number of methoxy groups -OCH3 is 1. The van der Waals surface area contributed by atoms with Crippen molar-refractivity contribution in [2.24, 2.45) is 0 Å². The number of aromatic nitrogens is 4. The van der Waals surface area contributed by atoms with Crippen molar-refractivity contribution in [3.8, 4) is 11.4 Å². The van der Waals surface area contributed by atoms with Crippen LogP contribution in [0.25, 0.3) is 11.4 Å². The second kappa shape index (κ2) is 7.30. The first-order valence-corrected chi connectivity index (χ1v) is 7.65. The number of ether oxygens (including phenoxy) is 1. The van der Waals surface area contributed by atoms with Crippen LogP contribution in [-0.2, 0) is 9.53 Å². The Labute approximate surface area is 134 Å². The highest BCUT2D eigenvalue weighted by atomic mass is 16.5. The van der Waals surface area contributed by atoms with Gasteiger partial charge in [0.1, 0.15) is 0 Å². The summed E-state index contributed by atoms with van der Waals surface area (Å²) < 4.78 is 6.77. The van der Waals surface area contributed by atoms with E-state index in [1.807, 2.05) is 28.9 Å². The van der Waals surface area contributed by atoms with E-state index >= 15 is 0 Å². The fourth-order valence-electron chi connectivity index (χ4n) is 2.27. The number of carbonyl (C=O) groups is 1. The van der Waals surface area contributed by atoms with Crippen LogP contribution in [0.15, 0.2) is 24.3 Å². The number of hydrogen-bond acceptors (Lipinski definition) is 6. The summed E-state index contributed by atoms with van der Waals surface area (Å²) in [6.07, 6.45) is 2.23. The average Bonchev–Trinajstić information content (AvgIpc) is 3.28. The van der Waals surface area contributed by atoms with Gasteiger partial charge in [0.25, 0.3) is 0 Å². The lowest BCUT2D eigenvalue weighted by Gasteiger charge is -2.08. The Bertz CT molecular complexity index is 667. The maximum atomic E-state index is 11.9. The third kappa shape index (κ3) is 4.11. The largest absolute Gasteiger partial charge is 0.383 e. The highest BCUT2D eigenvalue weighted by Crippen LogP contribution is 2.36. The Morgan fingerprint density at radius 1 is 1.43 bits per heavy atom. The molecule has 1 amide bonds. The molecule has 1 heterocycles. The monoisotopic (exact) mass is 316 g/mol. The minimum atomic E-state index is -0.0972. The predicted octanol–water partition coefficient (Wildman–Crippen LogP) is 0.849. The Kier molecular flexibility index (Phi) is 4.94. The molecule has 0 spiro atoms. The second-order valence-electron chi connectivity index (χ2n) is 5.48. The summed E-state index contributed by atoms with van der Waals surface area (Å²) in [5, 5.41) is 17.8. The van der Waals surface area contributed by atoms with E-state index in [0.717, 1.165) is 29.9 Å².